The fourth-order valence-corrected chi connectivity index (χ4v) is 3.94. The van der Waals surface area contributed by atoms with Crippen LogP contribution in [0.2, 0.25) is 0 Å². The summed E-state index contributed by atoms with van der Waals surface area (Å²) < 4.78 is 10.3. The molecule has 1 aliphatic carbocycles. The number of aromatic nitrogens is 1. The Kier molecular flexibility index (Phi) is 4.78. The van der Waals surface area contributed by atoms with Crippen LogP contribution < -0.4 is 5.32 Å². The maximum atomic E-state index is 12.3. The first-order valence-electron chi connectivity index (χ1n) is 8.22. The van der Waals surface area contributed by atoms with Gasteiger partial charge in [0.15, 0.2) is 0 Å². The van der Waals surface area contributed by atoms with Gasteiger partial charge in [-0.25, -0.2) is 0 Å². The van der Waals surface area contributed by atoms with Gasteiger partial charge in [-0.2, -0.15) is 0 Å². The summed E-state index contributed by atoms with van der Waals surface area (Å²) in [5.41, 5.74) is 0.764. The molecule has 0 radical (unpaired) electrons. The number of carbonyl (C=O) groups is 1. The second kappa shape index (κ2) is 6.79. The highest BCUT2D eigenvalue weighted by Gasteiger charge is 2.44. The molecular formula is C16H25N3O3. The summed E-state index contributed by atoms with van der Waals surface area (Å²) >= 11 is 0. The Morgan fingerprint density at radius 1 is 1.41 bits per heavy atom. The average molecular weight is 307 g/mol. The Bertz CT molecular complexity index is 477. The van der Waals surface area contributed by atoms with E-state index in [9.17, 15) is 4.79 Å². The molecule has 0 aromatic carbocycles. The smallest absolute Gasteiger partial charge is 0.226 e. The first kappa shape index (κ1) is 15.5. The summed E-state index contributed by atoms with van der Waals surface area (Å²) in [4.78, 5) is 14.8. The second-order valence-corrected chi connectivity index (χ2v) is 6.37. The minimum Gasteiger partial charge on any atom is -0.379 e. The van der Waals surface area contributed by atoms with Gasteiger partial charge in [0.25, 0.3) is 0 Å². The fraction of sp³-hybridized carbons (Fsp3) is 0.750. The van der Waals surface area contributed by atoms with Gasteiger partial charge in [0.1, 0.15) is 6.26 Å². The Balaban J connectivity index is 1.64. The van der Waals surface area contributed by atoms with E-state index in [1.165, 1.54) is 19.1 Å². The highest BCUT2D eigenvalue weighted by Crippen LogP contribution is 2.38. The number of nitrogens with zero attached hydrogens (tertiary/aromatic N) is 2. The van der Waals surface area contributed by atoms with E-state index in [1.807, 2.05) is 0 Å². The van der Waals surface area contributed by atoms with E-state index in [4.69, 9.17) is 9.26 Å². The number of rotatable bonds is 5. The molecule has 1 N–H and O–H groups in total. The highest BCUT2D eigenvalue weighted by molar-refractivity contribution is 5.78. The quantitative estimate of drug-likeness (QED) is 0.890. The van der Waals surface area contributed by atoms with Crippen LogP contribution >= 0.6 is 0 Å². The lowest BCUT2D eigenvalue weighted by molar-refractivity contribution is -0.122. The van der Waals surface area contributed by atoms with Crippen molar-refractivity contribution >= 4 is 5.91 Å². The number of morpholine rings is 1. The van der Waals surface area contributed by atoms with E-state index in [1.54, 1.807) is 6.07 Å². The van der Waals surface area contributed by atoms with Crippen molar-refractivity contribution < 1.29 is 14.1 Å². The van der Waals surface area contributed by atoms with Gasteiger partial charge in [-0.3, -0.25) is 9.69 Å². The molecule has 2 heterocycles. The third kappa shape index (κ3) is 3.17. The Morgan fingerprint density at radius 3 is 2.77 bits per heavy atom. The van der Waals surface area contributed by atoms with Crippen LogP contribution in [0.5, 0.6) is 0 Å². The van der Waals surface area contributed by atoms with Crippen LogP contribution in [-0.4, -0.2) is 53.8 Å². The first-order chi connectivity index (χ1) is 10.7. The summed E-state index contributed by atoms with van der Waals surface area (Å²) in [6, 6.07) is 1.87. The van der Waals surface area contributed by atoms with Crippen LogP contribution in [0.3, 0.4) is 0 Å². The molecule has 2 aliphatic rings. The number of nitrogens with one attached hydrogen (secondary N) is 1. The third-order valence-electron chi connectivity index (χ3n) is 5.13. The molecule has 6 heteroatoms. The van der Waals surface area contributed by atoms with Crippen molar-refractivity contribution in [2.75, 3.05) is 26.3 Å². The van der Waals surface area contributed by atoms with Gasteiger partial charge in [-0.05, 0) is 19.8 Å². The molecule has 2 fully saturated rings. The van der Waals surface area contributed by atoms with Crippen LogP contribution in [0.15, 0.2) is 16.9 Å². The van der Waals surface area contributed by atoms with Crippen molar-refractivity contribution in [2.45, 2.75) is 50.6 Å². The minimum atomic E-state index is 0.0148. The van der Waals surface area contributed by atoms with Crippen molar-refractivity contribution in [3.05, 3.63) is 18.0 Å². The molecule has 1 unspecified atom stereocenters. The first-order valence-corrected chi connectivity index (χ1v) is 8.22. The molecular weight excluding hydrogens is 282 g/mol. The van der Waals surface area contributed by atoms with E-state index in [-0.39, 0.29) is 23.9 Å². The molecule has 0 bridgehead atoms. The third-order valence-corrected chi connectivity index (χ3v) is 5.13. The fourth-order valence-electron chi connectivity index (χ4n) is 3.94. The summed E-state index contributed by atoms with van der Waals surface area (Å²) in [6.07, 6.45) is 6.55. The number of hydrogen-bond donors (Lipinski definition) is 1. The van der Waals surface area contributed by atoms with E-state index in [0.717, 1.165) is 39.1 Å². The normalized spacial score (nSPS) is 23.3. The summed E-state index contributed by atoms with van der Waals surface area (Å²) in [7, 11) is 0. The summed E-state index contributed by atoms with van der Waals surface area (Å²) in [6.45, 7) is 5.65. The Labute approximate surface area is 131 Å². The lowest BCUT2D eigenvalue weighted by Crippen LogP contribution is -2.62. The molecule has 1 aliphatic heterocycles. The van der Waals surface area contributed by atoms with Gasteiger partial charge in [0, 0.05) is 30.7 Å². The second-order valence-electron chi connectivity index (χ2n) is 6.37. The van der Waals surface area contributed by atoms with Gasteiger partial charge in [0.05, 0.1) is 25.3 Å². The Hall–Kier alpha value is -1.40. The highest BCUT2D eigenvalue weighted by atomic mass is 16.5. The predicted octanol–water partition coefficient (Wildman–Crippen LogP) is 1.37. The number of hydrogen-bond acceptors (Lipinski definition) is 5. The largest absolute Gasteiger partial charge is 0.379 e. The predicted molar refractivity (Wildman–Crippen MR) is 81.4 cm³/mol. The van der Waals surface area contributed by atoms with Gasteiger partial charge in [-0.1, -0.05) is 18.0 Å². The zero-order valence-electron chi connectivity index (χ0n) is 13.2. The topological polar surface area (TPSA) is 67.6 Å². The average Bonchev–Trinajstić information content (AvgIpc) is 3.19. The molecule has 0 spiro atoms. The van der Waals surface area contributed by atoms with Crippen molar-refractivity contribution in [1.29, 1.82) is 0 Å². The van der Waals surface area contributed by atoms with E-state index in [0.29, 0.717) is 5.69 Å². The molecule has 1 atom stereocenters. The molecule has 1 aromatic heterocycles. The summed E-state index contributed by atoms with van der Waals surface area (Å²) in [5, 5.41) is 7.00. The SMILES string of the molecule is CC(NC(=O)Cc1ccon1)C1(N2CCOCC2)CCCC1. The van der Waals surface area contributed by atoms with Gasteiger partial charge in [0.2, 0.25) is 5.91 Å². The molecule has 1 saturated carbocycles. The molecule has 122 valence electrons. The van der Waals surface area contributed by atoms with E-state index < -0.39 is 0 Å². The molecule has 22 heavy (non-hydrogen) atoms. The van der Waals surface area contributed by atoms with Crippen molar-refractivity contribution in [2.24, 2.45) is 0 Å². The van der Waals surface area contributed by atoms with Gasteiger partial charge < -0.3 is 14.6 Å². The maximum absolute atomic E-state index is 12.3. The van der Waals surface area contributed by atoms with Crippen molar-refractivity contribution in [3.63, 3.8) is 0 Å². The van der Waals surface area contributed by atoms with Gasteiger partial charge >= 0.3 is 0 Å². The molecule has 1 saturated heterocycles. The molecule has 6 nitrogen and oxygen atoms in total. The minimum absolute atomic E-state index is 0.0148. The lowest BCUT2D eigenvalue weighted by atomic mass is 9.86. The monoisotopic (exact) mass is 307 g/mol. The van der Waals surface area contributed by atoms with Crippen LogP contribution in [0.1, 0.15) is 38.3 Å². The van der Waals surface area contributed by atoms with Crippen molar-refractivity contribution in [3.8, 4) is 0 Å². The number of amides is 1. The molecule has 3 rings (SSSR count). The summed E-state index contributed by atoms with van der Waals surface area (Å²) in [5.74, 6) is 0.0148. The van der Waals surface area contributed by atoms with Gasteiger partial charge in [-0.15, -0.1) is 0 Å². The zero-order chi connectivity index (χ0) is 15.4. The van der Waals surface area contributed by atoms with E-state index in [2.05, 4.69) is 22.3 Å². The van der Waals surface area contributed by atoms with Crippen LogP contribution in [-0.2, 0) is 16.0 Å². The van der Waals surface area contributed by atoms with E-state index >= 15 is 0 Å². The van der Waals surface area contributed by atoms with Crippen LogP contribution in [0.25, 0.3) is 0 Å². The number of ether oxygens (including phenoxy) is 1. The van der Waals surface area contributed by atoms with Crippen LogP contribution in [0.4, 0.5) is 0 Å². The lowest BCUT2D eigenvalue weighted by Gasteiger charge is -2.47. The van der Waals surface area contributed by atoms with Crippen LogP contribution in [0, 0.1) is 0 Å². The maximum Gasteiger partial charge on any atom is 0.226 e. The van der Waals surface area contributed by atoms with Crippen molar-refractivity contribution in [1.82, 2.24) is 15.4 Å². The standard InChI is InChI=1S/C16H25N3O3/c1-13(17-15(20)12-14-4-9-22-18-14)16(5-2-3-6-16)19-7-10-21-11-8-19/h4,9,13H,2-3,5-8,10-12H2,1H3,(H,17,20). The zero-order valence-corrected chi connectivity index (χ0v) is 13.2. The Morgan fingerprint density at radius 2 is 2.14 bits per heavy atom. The molecule has 1 amide bonds. The number of carbonyl (C=O) groups excluding carboxylic acids is 1. The molecule has 1 aromatic rings.